The maximum Gasteiger partial charge on any atom is 0.310 e. The van der Waals surface area contributed by atoms with Crippen LogP contribution in [0.2, 0.25) is 0 Å². The molecule has 0 aliphatic heterocycles. The van der Waals surface area contributed by atoms with E-state index in [1.807, 2.05) is 0 Å². The number of hydrogen-bond acceptors (Lipinski definition) is 5. The molecule has 1 heterocycles. The molecule has 0 aliphatic carbocycles. The molecule has 0 saturated heterocycles. The summed E-state index contributed by atoms with van der Waals surface area (Å²) in [4.78, 5) is 24.5. The van der Waals surface area contributed by atoms with Gasteiger partial charge in [-0.3, -0.25) is 9.59 Å². The molecule has 1 aromatic rings. The summed E-state index contributed by atoms with van der Waals surface area (Å²) in [6.07, 6.45) is 0. The van der Waals surface area contributed by atoms with E-state index in [-0.39, 0.29) is 30.1 Å². The second-order valence-corrected chi connectivity index (χ2v) is 3.94. The van der Waals surface area contributed by atoms with E-state index in [1.54, 1.807) is 27.0 Å². The van der Waals surface area contributed by atoms with E-state index in [0.717, 1.165) is 0 Å². The standard InChI is InChI=1S/C11H16N2O4/c1-7(11(15)16-4)6-13(3)10(14)9-5-8(2)12-17-9/h5,7H,6H2,1-4H3. The molecule has 0 spiro atoms. The predicted molar refractivity (Wildman–Crippen MR) is 59.4 cm³/mol. The van der Waals surface area contributed by atoms with Gasteiger partial charge in [-0.1, -0.05) is 12.1 Å². The Hall–Kier alpha value is -1.85. The number of nitrogens with zero attached hydrogens (tertiary/aromatic N) is 2. The molecule has 0 aliphatic rings. The minimum atomic E-state index is -0.377. The van der Waals surface area contributed by atoms with Crippen molar-refractivity contribution in [2.24, 2.45) is 5.92 Å². The van der Waals surface area contributed by atoms with Crippen molar-refractivity contribution < 1.29 is 18.8 Å². The fourth-order valence-corrected chi connectivity index (χ4v) is 1.42. The van der Waals surface area contributed by atoms with Crippen LogP contribution in [-0.2, 0) is 9.53 Å². The van der Waals surface area contributed by atoms with Gasteiger partial charge in [0.1, 0.15) is 0 Å². The zero-order chi connectivity index (χ0) is 13.0. The number of aryl methyl sites for hydroxylation is 1. The minimum absolute atomic E-state index is 0.169. The Bertz CT molecular complexity index is 413. The third-order valence-electron chi connectivity index (χ3n) is 2.34. The highest BCUT2D eigenvalue weighted by Crippen LogP contribution is 2.08. The van der Waals surface area contributed by atoms with E-state index in [1.165, 1.54) is 12.0 Å². The van der Waals surface area contributed by atoms with E-state index in [0.29, 0.717) is 5.69 Å². The largest absolute Gasteiger partial charge is 0.469 e. The van der Waals surface area contributed by atoms with Crippen LogP contribution in [0.3, 0.4) is 0 Å². The van der Waals surface area contributed by atoms with Crippen molar-refractivity contribution >= 4 is 11.9 Å². The van der Waals surface area contributed by atoms with Gasteiger partial charge in [0.05, 0.1) is 18.7 Å². The molecule has 1 amide bonds. The lowest BCUT2D eigenvalue weighted by Crippen LogP contribution is -2.34. The highest BCUT2D eigenvalue weighted by molar-refractivity contribution is 5.91. The van der Waals surface area contributed by atoms with Gasteiger partial charge in [-0.05, 0) is 6.92 Å². The average molecular weight is 240 g/mol. The zero-order valence-electron chi connectivity index (χ0n) is 10.4. The fraction of sp³-hybridized carbons (Fsp3) is 0.545. The van der Waals surface area contributed by atoms with Crippen LogP contribution in [0, 0.1) is 12.8 Å². The topological polar surface area (TPSA) is 72.6 Å². The molecule has 94 valence electrons. The van der Waals surface area contributed by atoms with Crippen LogP contribution in [0.25, 0.3) is 0 Å². The predicted octanol–water partition coefficient (Wildman–Crippen LogP) is 0.864. The molecule has 0 aromatic carbocycles. The lowest BCUT2D eigenvalue weighted by molar-refractivity contribution is -0.145. The summed E-state index contributed by atoms with van der Waals surface area (Å²) in [6, 6.07) is 1.56. The van der Waals surface area contributed by atoms with Crippen molar-refractivity contribution in [2.45, 2.75) is 13.8 Å². The third-order valence-corrected chi connectivity index (χ3v) is 2.34. The van der Waals surface area contributed by atoms with Crippen LogP contribution in [0.1, 0.15) is 23.2 Å². The summed E-state index contributed by atoms with van der Waals surface area (Å²) in [5.74, 6) is -0.861. The molecule has 1 unspecified atom stereocenters. The van der Waals surface area contributed by atoms with Crippen LogP contribution in [0.4, 0.5) is 0 Å². The first-order valence-electron chi connectivity index (χ1n) is 5.22. The number of rotatable bonds is 4. The first kappa shape index (κ1) is 13.2. The van der Waals surface area contributed by atoms with E-state index >= 15 is 0 Å². The normalized spacial score (nSPS) is 12.0. The van der Waals surface area contributed by atoms with Gasteiger partial charge in [0, 0.05) is 19.7 Å². The molecule has 6 heteroatoms. The highest BCUT2D eigenvalue weighted by atomic mass is 16.5. The lowest BCUT2D eigenvalue weighted by atomic mass is 10.1. The SMILES string of the molecule is COC(=O)C(C)CN(C)C(=O)c1cc(C)no1. The molecule has 6 nitrogen and oxygen atoms in total. The monoisotopic (exact) mass is 240 g/mol. The second-order valence-electron chi connectivity index (χ2n) is 3.94. The Morgan fingerprint density at radius 3 is 2.71 bits per heavy atom. The molecule has 1 rings (SSSR count). The number of carbonyl (C=O) groups excluding carboxylic acids is 2. The lowest BCUT2D eigenvalue weighted by Gasteiger charge is -2.18. The van der Waals surface area contributed by atoms with Crippen molar-refractivity contribution in [3.63, 3.8) is 0 Å². The Kier molecular flexibility index (Phi) is 4.25. The Balaban J connectivity index is 2.62. The highest BCUT2D eigenvalue weighted by Gasteiger charge is 2.21. The molecule has 1 atom stereocenters. The number of esters is 1. The molecule has 0 N–H and O–H groups in total. The summed E-state index contributed by atoms with van der Waals surface area (Å²) < 4.78 is 9.45. The second kappa shape index (κ2) is 5.47. The molecular formula is C11H16N2O4. The van der Waals surface area contributed by atoms with Crippen LogP contribution < -0.4 is 0 Å². The van der Waals surface area contributed by atoms with Crippen LogP contribution >= 0.6 is 0 Å². The van der Waals surface area contributed by atoms with Gasteiger partial charge >= 0.3 is 5.97 Å². The first-order chi connectivity index (χ1) is 7.95. The minimum Gasteiger partial charge on any atom is -0.469 e. The fourth-order valence-electron chi connectivity index (χ4n) is 1.42. The molecule has 17 heavy (non-hydrogen) atoms. The Labute approximate surface area is 99.5 Å². The third kappa shape index (κ3) is 3.30. The van der Waals surface area contributed by atoms with Gasteiger partial charge in [0.2, 0.25) is 5.76 Å². The van der Waals surface area contributed by atoms with Crippen molar-refractivity contribution in [2.75, 3.05) is 20.7 Å². The number of amides is 1. The molecule has 1 aromatic heterocycles. The molecular weight excluding hydrogens is 224 g/mol. The number of ether oxygens (including phenoxy) is 1. The zero-order valence-corrected chi connectivity index (χ0v) is 10.4. The van der Waals surface area contributed by atoms with Gasteiger partial charge in [0.15, 0.2) is 0 Å². The average Bonchev–Trinajstić information content (AvgIpc) is 2.73. The van der Waals surface area contributed by atoms with Crippen molar-refractivity contribution in [3.05, 3.63) is 17.5 Å². The summed E-state index contributed by atoms with van der Waals surface area (Å²) in [6.45, 7) is 3.70. The molecule has 0 bridgehead atoms. The van der Waals surface area contributed by atoms with Crippen LogP contribution in [-0.4, -0.2) is 42.6 Å². The number of methoxy groups -OCH3 is 1. The first-order valence-corrected chi connectivity index (χ1v) is 5.22. The van der Waals surface area contributed by atoms with Crippen LogP contribution in [0.15, 0.2) is 10.6 Å². The van der Waals surface area contributed by atoms with Gasteiger partial charge in [-0.2, -0.15) is 0 Å². The number of hydrogen-bond donors (Lipinski definition) is 0. The van der Waals surface area contributed by atoms with Crippen molar-refractivity contribution in [1.82, 2.24) is 10.1 Å². The van der Waals surface area contributed by atoms with E-state index in [9.17, 15) is 9.59 Å². The summed E-state index contributed by atoms with van der Waals surface area (Å²) >= 11 is 0. The van der Waals surface area contributed by atoms with Gasteiger partial charge in [-0.25, -0.2) is 0 Å². The van der Waals surface area contributed by atoms with Gasteiger partial charge in [0.25, 0.3) is 5.91 Å². The smallest absolute Gasteiger partial charge is 0.310 e. The quantitative estimate of drug-likeness (QED) is 0.730. The van der Waals surface area contributed by atoms with Gasteiger partial charge < -0.3 is 14.2 Å². The number of aromatic nitrogens is 1. The van der Waals surface area contributed by atoms with Crippen molar-refractivity contribution in [1.29, 1.82) is 0 Å². The maximum atomic E-state index is 11.8. The van der Waals surface area contributed by atoms with Crippen LogP contribution in [0.5, 0.6) is 0 Å². The maximum absolute atomic E-state index is 11.8. The van der Waals surface area contributed by atoms with E-state index in [2.05, 4.69) is 9.89 Å². The van der Waals surface area contributed by atoms with E-state index < -0.39 is 0 Å². The van der Waals surface area contributed by atoms with Crippen molar-refractivity contribution in [3.8, 4) is 0 Å². The summed E-state index contributed by atoms with van der Waals surface area (Å²) in [5, 5.41) is 3.64. The van der Waals surface area contributed by atoms with Gasteiger partial charge in [-0.15, -0.1) is 0 Å². The summed E-state index contributed by atoms with van der Waals surface area (Å²) in [5.41, 5.74) is 0.641. The number of carbonyl (C=O) groups is 2. The Morgan fingerprint density at radius 1 is 1.59 bits per heavy atom. The molecule has 0 fully saturated rings. The molecule has 0 radical (unpaired) electrons. The molecule has 0 saturated carbocycles. The summed E-state index contributed by atoms with van der Waals surface area (Å²) in [7, 11) is 2.92. The van der Waals surface area contributed by atoms with E-state index in [4.69, 9.17) is 4.52 Å². The Morgan fingerprint density at radius 2 is 2.24 bits per heavy atom.